The zero-order chi connectivity index (χ0) is 22.9. The summed E-state index contributed by atoms with van der Waals surface area (Å²) in [6.07, 6.45) is 3.30. The average molecular weight is 478 g/mol. The van der Waals surface area contributed by atoms with E-state index in [1.54, 1.807) is 43.3 Å². The van der Waals surface area contributed by atoms with Gasteiger partial charge in [0.2, 0.25) is 20.0 Å². The highest BCUT2D eigenvalue weighted by atomic mass is 32.2. The minimum absolute atomic E-state index is 0.140. The number of anilines is 2. The molecule has 32 heavy (non-hydrogen) atoms. The van der Waals surface area contributed by atoms with Crippen molar-refractivity contribution in [3.8, 4) is 0 Å². The summed E-state index contributed by atoms with van der Waals surface area (Å²) < 4.78 is 53.2. The molecule has 2 aromatic rings. The molecule has 4 rings (SSSR count). The Kier molecular flexibility index (Phi) is 6.28. The van der Waals surface area contributed by atoms with Crippen LogP contribution in [0, 0.1) is 6.92 Å². The number of sulfonamides is 2. The summed E-state index contributed by atoms with van der Waals surface area (Å²) in [5, 5.41) is 2.76. The van der Waals surface area contributed by atoms with Crippen molar-refractivity contribution in [3.63, 3.8) is 0 Å². The molecule has 172 valence electrons. The third-order valence-electron chi connectivity index (χ3n) is 5.90. The molecule has 2 aliphatic rings. The molecule has 2 aliphatic heterocycles. The molecule has 2 saturated heterocycles. The van der Waals surface area contributed by atoms with Gasteiger partial charge in [-0.25, -0.2) is 16.8 Å². The Morgan fingerprint density at radius 2 is 1.62 bits per heavy atom. The van der Waals surface area contributed by atoms with Crippen molar-refractivity contribution in [3.05, 3.63) is 53.6 Å². The van der Waals surface area contributed by atoms with Gasteiger partial charge in [0.15, 0.2) is 0 Å². The molecule has 10 heteroatoms. The Labute approximate surface area is 189 Å². The quantitative estimate of drug-likeness (QED) is 0.713. The van der Waals surface area contributed by atoms with Gasteiger partial charge in [-0.05, 0) is 68.1 Å². The van der Waals surface area contributed by atoms with E-state index in [-0.39, 0.29) is 16.2 Å². The van der Waals surface area contributed by atoms with Gasteiger partial charge in [0.05, 0.1) is 16.3 Å². The van der Waals surface area contributed by atoms with Crippen LogP contribution in [-0.4, -0.2) is 52.4 Å². The standard InChI is InChI=1S/C22H27N3O5S2/c1-17-6-7-18(16-21(17)32(29,30)24-12-3-2-4-13-24)22(26)23-19-8-10-20(11-9-19)25-14-5-15-31(25,27)28/h6-11,16H,2-5,12-15H2,1H3,(H,23,26). The molecule has 0 atom stereocenters. The first-order chi connectivity index (χ1) is 15.2. The molecular formula is C22H27N3O5S2. The molecular weight excluding hydrogens is 450 g/mol. The van der Waals surface area contributed by atoms with Crippen molar-refractivity contribution in [2.24, 2.45) is 0 Å². The van der Waals surface area contributed by atoms with Crippen LogP contribution in [0.2, 0.25) is 0 Å². The maximum atomic E-state index is 13.1. The zero-order valence-electron chi connectivity index (χ0n) is 18.0. The van der Waals surface area contributed by atoms with E-state index < -0.39 is 26.0 Å². The van der Waals surface area contributed by atoms with Gasteiger partial charge in [0, 0.05) is 30.9 Å². The van der Waals surface area contributed by atoms with Crippen LogP contribution in [-0.2, 0) is 20.0 Å². The summed E-state index contributed by atoms with van der Waals surface area (Å²) in [5.74, 6) is -0.289. The summed E-state index contributed by atoms with van der Waals surface area (Å²) >= 11 is 0. The number of hydrogen-bond acceptors (Lipinski definition) is 5. The Morgan fingerprint density at radius 1 is 0.938 bits per heavy atom. The SMILES string of the molecule is Cc1ccc(C(=O)Nc2ccc(N3CCCS3(=O)=O)cc2)cc1S(=O)(=O)N1CCCCC1. The van der Waals surface area contributed by atoms with Gasteiger partial charge < -0.3 is 5.32 Å². The lowest BCUT2D eigenvalue weighted by Crippen LogP contribution is -2.36. The molecule has 0 aromatic heterocycles. The predicted molar refractivity (Wildman–Crippen MR) is 124 cm³/mol. The van der Waals surface area contributed by atoms with E-state index in [0.29, 0.717) is 43.0 Å². The third kappa shape index (κ3) is 4.53. The minimum atomic E-state index is -3.66. The van der Waals surface area contributed by atoms with Crippen molar-refractivity contribution in [2.45, 2.75) is 37.5 Å². The largest absolute Gasteiger partial charge is 0.322 e. The van der Waals surface area contributed by atoms with Crippen LogP contribution >= 0.6 is 0 Å². The second-order valence-corrected chi connectivity index (χ2v) is 12.1. The van der Waals surface area contributed by atoms with Gasteiger partial charge in [-0.3, -0.25) is 9.10 Å². The number of piperidine rings is 1. The first kappa shape index (κ1) is 22.8. The number of amides is 1. The number of nitrogens with zero attached hydrogens (tertiary/aromatic N) is 2. The van der Waals surface area contributed by atoms with E-state index in [0.717, 1.165) is 19.3 Å². The summed E-state index contributed by atoms with van der Waals surface area (Å²) in [7, 11) is -6.92. The normalized spacial score (nSPS) is 19.1. The van der Waals surface area contributed by atoms with Gasteiger partial charge >= 0.3 is 0 Å². The number of hydrogen-bond donors (Lipinski definition) is 1. The topological polar surface area (TPSA) is 104 Å². The summed E-state index contributed by atoms with van der Waals surface area (Å²) in [5.41, 5.74) is 1.91. The highest BCUT2D eigenvalue weighted by Gasteiger charge is 2.29. The average Bonchev–Trinajstić information content (AvgIpc) is 3.14. The lowest BCUT2D eigenvalue weighted by molar-refractivity contribution is 0.102. The molecule has 1 N–H and O–H groups in total. The molecule has 2 fully saturated rings. The van der Waals surface area contributed by atoms with Gasteiger partial charge in [0.25, 0.3) is 5.91 Å². The number of carbonyl (C=O) groups is 1. The van der Waals surface area contributed by atoms with Crippen molar-refractivity contribution >= 4 is 37.3 Å². The smallest absolute Gasteiger partial charge is 0.255 e. The molecule has 8 nitrogen and oxygen atoms in total. The number of nitrogens with one attached hydrogen (secondary N) is 1. The fourth-order valence-corrected chi connectivity index (χ4v) is 7.44. The van der Waals surface area contributed by atoms with Crippen molar-refractivity contribution in [1.82, 2.24) is 4.31 Å². The van der Waals surface area contributed by atoms with Gasteiger partial charge in [0.1, 0.15) is 0 Å². The number of carbonyl (C=O) groups excluding carboxylic acids is 1. The van der Waals surface area contributed by atoms with Gasteiger partial charge in [-0.2, -0.15) is 4.31 Å². The van der Waals surface area contributed by atoms with E-state index in [4.69, 9.17) is 0 Å². The van der Waals surface area contributed by atoms with Crippen LogP contribution < -0.4 is 9.62 Å². The van der Waals surface area contributed by atoms with Crippen molar-refractivity contribution < 1.29 is 21.6 Å². The van der Waals surface area contributed by atoms with Crippen LogP contribution in [0.3, 0.4) is 0 Å². The van der Waals surface area contributed by atoms with E-state index in [9.17, 15) is 21.6 Å². The second kappa shape index (κ2) is 8.84. The lowest BCUT2D eigenvalue weighted by Gasteiger charge is -2.26. The second-order valence-electron chi connectivity index (χ2n) is 8.19. The first-order valence-corrected chi connectivity index (χ1v) is 13.8. The van der Waals surface area contributed by atoms with E-state index in [1.165, 1.54) is 14.7 Å². The molecule has 0 bridgehead atoms. The van der Waals surface area contributed by atoms with Crippen LogP contribution in [0.5, 0.6) is 0 Å². The zero-order valence-corrected chi connectivity index (χ0v) is 19.6. The predicted octanol–water partition coefficient (Wildman–Crippen LogP) is 2.96. The van der Waals surface area contributed by atoms with Crippen LogP contribution in [0.25, 0.3) is 0 Å². The lowest BCUT2D eigenvalue weighted by atomic mass is 10.1. The van der Waals surface area contributed by atoms with Crippen molar-refractivity contribution in [1.29, 1.82) is 0 Å². The van der Waals surface area contributed by atoms with E-state index >= 15 is 0 Å². The fraction of sp³-hybridized carbons (Fsp3) is 0.409. The van der Waals surface area contributed by atoms with Crippen LogP contribution in [0.15, 0.2) is 47.4 Å². The molecule has 0 aliphatic carbocycles. The molecule has 0 spiro atoms. The molecule has 2 aromatic carbocycles. The Bertz CT molecular complexity index is 1220. The van der Waals surface area contributed by atoms with Crippen LogP contribution in [0.4, 0.5) is 11.4 Å². The number of aryl methyl sites for hydroxylation is 1. The number of benzene rings is 2. The molecule has 0 saturated carbocycles. The molecule has 1 amide bonds. The molecule has 0 unspecified atom stereocenters. The first-order valence-electron chi connectivity index (χ1n) is 10.7. The highest BCUT2D eigenvalue weighted by molar-refractivity contribution is 7.93. The Hall–Kier alpha value is -2.43. The third-order valence-corrected chi connectivity index (χ3v) is 9.81. The number of rotatable bonds is 5. The highest BCUT2D eigenvalue weighted by Crippen LogP contribution is 2.27. The Morgan fingerprint density at radius 3 is 2.25 bits per heavy atom. The van der Waals surface area contributed by atoms with Gasteiger partial charge in [-0.1, -0.05) is 12.5 Å². The van der Waals surface area contributed by atoms with E-state index in [2.05, 4.69) is 5.32 Å². The van der Waals surface area contributed by atoms with Crippen molar-refractivity contribution in [2.75, 3.05) is 35.0 Å². The van der Waals surface area contributed by atoms with E-state index in [1.807, 2.05) is 0 Å². The molecule has 0 radical (unpaired) electrons. The fourth-order valence-electron chi connectivity index (χ4n) is 4.11. The van der Waals surface area contributed by atoms with Crippen LogP contribution in [0.1, 0.15) is 41.6 Å². The monoisotopic (exact) mass is 477 g/mol. The maximum absolute atomic E-state index is 13.1. The van der Waals surface area contributed by atoms with Gasteiger partial charge in [-0.15, -0.1) is 0 Å². The molecule has 2 heterocycles. The summed E-state index contributed by atoms with van der Waals surface area (Å²) in [6, 6.07) is 11.3. The summed E-state index contributed by atoms with van der Waals surface area (Å²) in [6.45, 7) is 3.17. The Balaban J connectivity index is 1.52. The maximum Gasteiger partial charge on any atom is 0.255 e. The minimum Gasteiger partial charge on any atom is -0.322 e. The summed E-state index contributed by atoms with van der Waals surface area (Å²) in [4.78, 5) is 13.0.